The fourth-order valence-electron chi connectivity index (χ4n) is 2.58. The Kier molecular flexibility index (Phi) is 6.65. The number of nitro groups is 1. The van der Waals surface area contributed by atoms with Crippen LogP contribution in [0.5, 0.6) is 5.75 Å². The molecule has 0 radical (unpaired) electrons. The lowest BCUT2D eigenvalue weighted by Crippen LogP contribution is -2.08. The number of rotatable bonds is 10. The highest BCUT2D eigenvalue weighted by atomic mass is 32.2. The zero-order chi connectivity index (χ0) is 20.8. The summed E-state index contributed by atoms with van der Waals surface area (Å²) in [5.74, 6) is 2.28. The van der Waals surface area contributed by atoms with E-state index in [2.05, 4.69) is 47.9 Å². The smallest absolute Gasteiger partial charge is 0.307 e. The molecule has 0 aliphatic heterocycles. The molecule has 2 aromatic heterocycles. The van der Waals surface area contributed by atoms with Crippen LogP contribution in [0.15, 0.2) is 54.5 Å². The number of benzene rings is 1. The van der Waals surface area contributed by atoms with Crippen LogP contribution in [0.3, 0.4) is 0 Å². The molecular formula is C19H22N6O3S. The van der Waals surface area contributed by atoms with E-state index in [1.165, 1.54) is 34.4 Å². The van der Waals surface area contributed by atoms with Crippen LogP contribution in [0.25, 0.3) is 0 Å². The van der Waals surface area contributed by atoms with Gasteiger partial charge in [0.15, 0.2) is 11.0 Å². The van der Waals surface area contributed by atoms with Crippen LogP contribution >= 0.6 is 11.8 Å². The standard InChI is InChI=1S/C19H22N6O3S/c1-4-9-24-18(12-28-17-7-5-15(6-8-17)14(2)3)21-22-19(24)29-13-23-11-16(10-20-23)25(26)27/h4-8,10-11,14H,1,9,12-13H2,2-3H3. The zero-order valence-electron chi connectivity index (χ0n) is 16.3. The quantitative estimate of drug-likeness (QED) is 0.214. The third kappa shape index (κ3) is 5.23. The van der Waals surface area contributed by atoms with Crippen molar-refractivity contribution in [3.05, 3.63) is 70.8 Å². The van der Waals surface area contributed by atoms with E-state index < -0.39 is 4.92 Å². The summed E-state index contributed by atoms with van der Waals surface area (Å²) in [6.45, 7) is 8.88. The van der Waals surface area contributed by atoms with Crippen molar-refractivity contribution in [2.45, 2.75) is 44.0 Å². The second-order valence-corrected chi connectivity index (χ2v) is 7.49. The normalized spacial score (nSPS) is 11.0. The Balaban J connectivity index is 1.65. The van der Waals surface area contributed by atoms with E-state index in [-0.39, 0.29) is 12.3 Å². The first-order valence-corrected chi connectivity index (χ1v) is 10.0. The maximum atomic E-state index is 10.8. The van der Waals surface area contributed by atoms with Gasteiger partial charge in [0, 0.05) is 6.54 Å². The van der Waals surface area contributed by atoms with E-state index in [4.69, 9.17) is 4.74 Å². The van der Waals surface area contributed by atoms with Gasteiger partial charge in [0.05, 0.1) is 10.8 Å². The van der Waals surface area contributed by atoms with Crippen molar-refractivity contribution in [2.75, 3.05) is 0 Å². The number of thioether (sulfide) groups is 1. The number of hydrogen-bond acceptors (Lipinski definition) is 7. The van der Waals surface area contributed by atoms with Gasteiger partial charge in [-0.2, -0.15) is 5.10 Å². The SMILES string of the molecule is C=CCn1c(COc2ccc(C(C)C)cc2)nnc1SCn1cc([N+](=O)[O-])cn1. The lowest BCUT2D eigenvalue weighted by molar-refractivity contribution is -0.385. The molecule has 9 nitrogen and oxygen atoms in total. The first-order chi connectivity index (χ1) is 14.0. The van der Waals surface area contributed by atoms with Gasteiger partial charge in [-0.15, -0.1) is 16.8 Å². The van der Waals surface area contributed by atoms with Gasteiger partial charge in [-0.25, -0.2) is 0 Å². The summed E-state index contributed by atoms with van der Waals surface area (Å²) in [6.07, 6.45) is 4.36. The van der Waals surface area contributed by atoms with Gasteiger partial charge in [0.25, 0.3) is 0 Å². The Hall–Kier alpha value is -3.14. The number of allylic oxidation sites excluding steroid dienone is 1. The first kappa shape index (κ1) is 20.6. The number of nitrogens with zero attached hydrogens (tertiary/aromatic N) is 6. The molecule has 152 valence electrons. The molecule has 1 aromatic carbocycles. The van der Waals surface area contributed by atoms with Crippen molar-refractivity contribution < 1.29 is 9.66 Å². The predicted molar refractivity (Wildman–Crippen MR) is 110 cm³/mol. The largest absolute Gasteiger partial charge is 0.486 e. The van der Waals surface area contributed by atoms with Gasteiger partial charge in [-0.3, -0.25) is 19.4 Å². The molecule has 0 atom stereocenters. The Morgan fingerprint density at radius 1 is 1.31 bits per heavy atom. The minimum Gasteiger partial charge on any atom is -0.486 e. The predicted octanol–water partition coefficient (Wildman–Crippen LogP) is 4.02. The molecule has 0 saturated heterocycles. The molecule has 0 spiro atoms. The van der Waals surface area contributed by atoms with Crippen LogP contribution in [-0.2, 0) is 19.0 Å². The lowest BCUT2D eigenvalue weighted by Gasteiger charge is -2.10. The molecule has 0 saturated carbocycles. The molecular weight excluding hydrogens is 392 g/mol. The van der Waals surface area contributed by atoms with Crippen molar-refractivity contribution >= 4 is 17.4 Å². The van der Waals surface area contributed by atoms with E-state index in [0.717, 1.165) is 5.75 Å². The van der Waals surface area contributed by atoms with Crippen molar-refractivity contribution in [1.29, 1.82) is 0 Å². The van der Waals surface area contributed by atoms with Crippen LogP contribution < -0.4 is 4.74 Å². The highest BCUT2D eigenvalue weighted by Crippen LogP contribution is 2.22. The van der Waals surface area contributed by atoms with Crippen molar-refractivity contribution in [1.82, 2.24) is 24.5 Å². The highest BCUT2D eigenvalue weighted by Gasteiger charge is 2.14. The number of hydrogen-bond donors (Lipinski definition) is 0. The van der Waals surface area contributed by atoms with E-state index in [9.17, 15) is 10.1 Å². The first-order valence-electron chi connectivity index (χ1n) is 9.03. The molecule has 0 unspecified atom stereocenters. The summed E-state index contributed by atoms with van der Waals surface area (Å²) in [7, 11) is 0. The molecule has 0 amide bonds. The van der Waals surface area contributed by atoms with Gasteiger partial charge in [0.2, 0.25) is 0 Å². The Morgan fingerprint density at radius 3 is 2.69 bits per heavy atom. The van der Waals surface area contributed by atoms with Crippen LogP contribution in [0, 0.1) is 10.1 Å². The topological polar surface area (TPSA) is 101 Å². The summed E-state index contributed by atoms with van der Waals surface area (Å²) < 4.78 is 9.25. The second kappa shape index (κ2) is 9.37. The lowest BCUT2D eigenvalue weighted by atomic mass is 10.0. The summed E-state index contributed by atoms with van der Waals surface area (Å²) >= 11 is 1.38. The maximum absolute atomic E-state index is 10.8. The number of aromatic nitrogens is 5. The van der Waals surface area contributed by atoms with E-state index in [1.807, 2.05) is 16.7 Å². The molecule has 3 rings (SSSR count). The Labute approximate surface area is 172 Å². The average molecular weight is 414 g/mol. The minimum atomic E-state index is -0.475. The second-order valence-electron chi connectivity index (χ2n) is 6.58. The fourth-order valence-corrected chi connectivity index (χ4v) is 3.41. The van der Waals surface area contributed by atoms with Gasteiger partial charge >= 0.3 is 5.69 Å². The van der Waals surface area contributed by atoms with E-state index in [1.54, 1.807) is 6.08 Å². The minimum absolute atomic E-state index is 0.0456. The van der Waals surface area contributed by atoms with Crippen LogP contribution in [0.1, 0.15) is 31.2 Å². The average Bonchev–Trinajstić information content (AvgIpc) is 3.33. The maximum Gasteiger partial charge on any atom is 0.307 e. The monoisotopic (exact) mass is 414 g/mol. The van der Waals surface area contributed by atoms with E-state index in [0.29, 0.717) is 29.3 Å². The highest BCUT2D eigenvalue weighted by molar-refractivity contribution is 7.98. The third-order valence-corrected chi connectivity index (χ3v) is 5.13. The van der Waals surface area contributed by atoms with Crippen molar-refractivity contribution in [3.63, 3.8) is 0 Å². The van der Waals surface area contributed by atoms with Gasteiger partial charge < -0.3 is 4.74 Å². The molecule has 10 heteroatoms. The Morgan fingerprint density at radius 2 is 2.07 bits per heavy atom. The molecule has 3 aromatic rings. The van der Waals surface area contributed by atoms with Crippen molar-refractivity contribution in [2.24, 2.45) is 0 Å². The molecule has 2 heterocycles. The third-order valence-electron chi connectivity index (χ3n) is 4.18. The summed E-state index contributed by atoms with van der Waals surface area (Å²) in [5, 5.41) is 23.8. The van der Waals surface area contributed by atoms with Gasteiger partial charge in [-0.1, -0.05) is 43.8 Å². The van der Waals surface area contributed by atoms with Gasteiger partial charge in [0.1, 0.15) is 24.8 Å². The fraction of sp³-hybridized carbons (Fsp3) is 0.316. The molecule has 0 N–H and O–H groups in total. The molecule has 0 fully saturated rings. The van der Waals surface area contributed by atoms with Crippen LogP contribution in [0.2, 0.25) is 0 Å². The van der Waals surface area contributed by atoms with E-state index >= 15 is 0 Å². The Bertz CT molecular complexity index is 980. The van der Waals surface area contributed by atoms with Crippen molar-refractivity contribution in [3.8, 4) is 5.75 Å². The molecule has 0 aliphatic carbocycles. The summed E-state index contributed by atoms with van der Waals surface area (Å²) in [5.41, 5.74) is 1.21. The molecule has 0 bridgehead atoms. The van der Waals surface area contributed by atoms with Crippen LogP contribution in [0.4, 0.5) is 5.69 Å². The molecule has 29 heavy (non-hydrogen) atoms. The van der Waals surface area contributed by atoms with Gasteiger partial charge in [-0.05, 0) is 23.6 Å². The number of ether oxygens (including phenoxy) is 1. The zero-order valence-corrected chi connectivity index (χ0v) is 17.1. The summed E-state index contributed by atoms with van der Waals surface area (Å²) in [4.78, 5) is 10.3. The summed E-state index contributed by atoms with van der Waals surface area (Å²) in [6, 6.07) is 8.01. The molecule has 0 aliphatic rings. The van der Waals surface area contributed by atoms with Crippen LogP contribution in [-0.4, -0.2) is 29.5 Å².